The van der Waals surface area contributed by atoms with Gasteiger partial charge in [0.15, 0.2) is 5.75 Å². The predicted octanol–water partition coefficient (Wildman–Crippen LogP) is 3.80. The van der Waals surface area contributed by atoms with Crippen LogP contribution in [0.25, 0.3) is 0 Å². The van der Waals surface area contributed by atoms with Gasteiger partial charge >= 0.3 is 8.60 Å². The SMILES string of the molecule is CC(C)(C)c1ccc(OOP(O)O)c(C(C)(C)C)c1. The Kier molecular flexibility index (Phi) is 4.97. The highest BCUT2D eigenvalue weighted by Gasteiger charge is 2.24. The van der Waals surface area contributed by atoms with E-state index in [1.807, 2.05) is 6.07 Å². The van der Waals surface area contributed by atoms with Crippen molar-refractivity contribution in [1.82, 2.24) is 0 Å². The van der Waals surface area contributed by atoms with E-state index in [1.54, 1.807) is 6.07 Å². The van der Waals surface area contributed by atoms with E-state index in [2.05, 4.69) is 52.3 Å². The van der Waals surface area contributed by atoms with Crippen molar-refractivity contribution in [3.05, 3.63) is 29.3 Å². The van der Waals surface area contributed by atoms with Gasteiger partial charge in [-0.2, -0.15) is 0 Å². The van der Waals surface area contributed by atoms with E-state index in [0.717, 1.165) is 5.56 Å². The minimum absolute atomic E-state index is 0.0416. The average molecular weight is 286 g/mol. The van der Waals surface area contributed by atoms with Crippen LogP contribution < -0.4 is 4.89 Å². The Balaban J connectivity index is 3.18. The van der Waals surface area contributed by atoms with Crippen LogP contribution in [-0.2, 0) is 15.5 Å². The molecule has 19 heavy (non-hydrogen) atoms. The van der Waals surface area contributed by atoms with Gasteiger partial charge in [-0.15, -0.1) is 4.67 Å². The molecule has 0 heterocycles. The van der Waals surface area contributed by atoms with Gasteiger partial charge in [0, 0.05) is 5.56 Å². The first-order chi connectivity index (χ1) is 8.51. The second-order valence-corrected chi connectivity index (χ2v) is 7.28. The normalized spacial score (nSPS) is 12.9. The summed E-state index contributed by atoms with van der Waals surface area (Å²) < 4.78 is 4.47. The van der Waals surface area contributed by atoms with E-state index in [9.17, 15) is 0 Å². The van der Waals surface area contributed by atoms with Crippen molar-refractivity contribution >= 4 is 8.60 Å². The van der Waals surface area contributed by atoms with Gasteiger partial charge in [0.05, 0.1) is 0 Å². The van der Waals surface area contributed by atoms with E-state index in [1.165, 1.54) is 5.56 Å². The molecule has 0 amide bonds. The lowest BCUT2D eigenvalue weighted by atomic mass is 9.80. The summed E-state index contributed by atoms with van der Waals surface area (Å²) in [7, 11) is -2.52. The molecule has 1 aromatic carbocycles. The first-order valence-corrected chi connectivity index (χ1v) is 7.36. The highest BCUT2D eigenvalue weighted by molar-refractivity contribution is 7.39. The second kappa shape index (κ2) is 5.76. The summed E-state index contributed by atoms with van der Waals surface area (Å²) in [6, 6.07) is 5.85. The van der Waals surface area contributed by atoms with Crippen molar-refractivity contribution < 1.29 is 19.3 Å². The maximum atomic E-state index is 8.76. The van der Waals surface area contributed by atoms with Crippen LogP contribution in [0.2, 0.25) is 0 Å². The summed E-state index contributed by atoms with van der Waals surface area (Å²) in [5.41, 5.74) is 2.07. The molecule has 1 rings (SSSR count). The van der Waals surface area contributed by atoms with Gasteiger partial charge in [-0.3, -0.25) is 0 Å². The Morgan fingerprint density at radius 1 is 0.947 bits per heavy atom. The number of hydrogen-bond donors (Lipinski definition) is 2. The molecule has 0 unspecified atom stereocenters. The highest BCUT2D eigenvalue weighted by atomic mass is 31.2. The minimum Gasteiger partial charge on any atom is -0.329 e. The standard InChI is InChI=1S/C14H23O4P/c1-13(2,3)10-7-8-12(17-18-19(15)16)11(9-10)14(4,5)6/h7-9,15-16H,1-6H3. The lowest BCUT2D eigenvalue weighted by molar-refractivity contribution is -0.110. The monoisotopic (exact) mass is 286 g/mol. The van der Waals surface area contributed by atoms with Crippen LogP contribution in [0.5, 0.6) is 5.75 Å². The first kappa shape index (κ1) is 16.4. The molecule has 0 fully saturated rings. The highest BCUT2D eigenvalue weighted by Crippen LogP contribution is 2.37. The van der Waals surface area contributed by atoms with Crippen LogP contribution in [0.1, 0.15) is 52.7 Å². The number of benzene rings is 1. The molecule has 0 spiro atoms. The third-order valence-electron chi connectivity index (χ3n) is 2.85. The fraction of sp³-hybridized carbons (Fsp3) is 0.571. The van der Waals surface area contributed by atoms with Crippen LogP contribution >= 0.6 is 8.60 Å². The molecule has 108 valence electrons. The molecule has 0 radical (unpaired) electrons. The fourth-order valence-electron chi connectivity index (χ4n) is 1.73. The van der Waals surface area contributed by atoms with E-state index in [-0.39, 0.29) is 10.8 Å². The Hall–Kier alpha value is -0.670. The molecule has 0 saturated carbocycles. The topological polar surface area (TPSA) is 58.9 Å². The molecular weight excluding hydrogens is 263 g/mol. The smallest absolute Gasteiger partial charge is 0.329 e. The van der Waals surface area contributed by atoms with Crippen molar-refractivity contribution in [2.24, 2.45) is 0 Å². The van der Waals surface area contributed by atoms with E-state index in [4.69, 9.17) is 14.7 Å². The van der Waals surface area contributed by atoms with Gasteiger partial charge < -0.3 is 14.7 Å². The first-order valence-electron chi connectivity index (χ1n) is 6.19. The number of hydrogen-bond acceptors (Lipinski definition) is 4. The lowest BCUT2D eigenvalue weighted by Gasteiger charge is -2.26. The summed E-state index contributed by atoms with van der Waals surface area (Å²) in [6.07, 6.45) is 0. The molecule has 2 N–H and O–H groups in total. The van der Waals surface area contributed by atoms with Gasteiger partial charge in [0.2, 0.25) is 0 Å². The van der Waals surface area contributed by atoms with Gasteiger partial charge in [-0.1, -0.05) is 53.7 Å². The fourth-order valence-corrected chi connectivity index (χ4v) is 1.88. The lowest BCUT2D eigenvalue weighted by Crippen LogP contribution is -2.17. The molecule has 0 atom stereocenters. The summed E-state index contributed by atoms with van der Waals surface area (Å²) in [4.78, 5) is 22.6. The molecule has 0 aliphatic carbocycles. The molecule has 5 heteroatoms. The molecule has 0 aliphatic heterocycles. The van der Waals surface area contributed by atoms with E-state index < -0.39 is 8.60 Å². The van der Waals surface area contributed by atoms with Crippen LogP contribution in [0.15, 0.2) is 18.2 Å². The third kappa shape index (κ3) is 4.73. The zero-order chi connectivity index (χ0) is 14.8. The minimum atomic E-state index is -2.52. The maximum absolute atomic E-state index is 8.76. The summed E-state index contributed by atoms with van der Waals surface area (Å²) in [6.45, 7) is 12.7. The maximum Gasteiger partial charge on any atom is 0.370 e. The quantitative estimate of drug-likeness (QED) is 0.504. The molecular formula is C14H23O4P. The van der Waals surface area contributed by atoms with Crippen molar-refractivity contribution in [3.63, 3.8) is 0 Å². The van der Waals surface area contributed by atoms with E-state index in [0.29, 0.717) is 5.75 Å². The molecule has 0 aromatic heterocycles. The van der Waals surface area contributed by atoms with E-state index >= 15 is 0 Å². The van der Waals surface area contributed by atoms with Crippen molar-refractivity contribution in [3.8, 4) is 5.75 Å². The van der Waals surface area contributed by atoms with Gasteiger partial charge in [-0.05, 0) is 22.5 Å². The van der Waals surface area contributed by atoms with Gasteiger partial charge in [0.1, 0.15) is 0 Å². The van der Waals surface area contributed by atoms with Gasteiger partial charge in [0.25, 0.3) is 0 Å². The summed E-state index contributed by atoms with van der Waals surface area (Å²) in [5.74, 6) is 0.510. The summed E-state index contributed by atoms with van der Waals surface area (Å²) in [5, 5.41) is 0. The Morgan fingerprint density at radius 3 is 1.95 bits per heavy atom. The van der Waals surface area contributed by atoms with Gasteiger partial charge in [-0.25, -0.2) is 0 Å². The zero-order valence-electron chi connectivity index (χ0n) is 12.4. The molecule has 0 bridgehead atoms. The largest absolute Gasteiger partial charge is 0.370 e. The van der Waals surface area contributed by atoms with Crippen molar-refractivity contribution in [1.29, 1.82) is 0 Å². The Morgan fingerprint density at radius 2 is 1.53 bits per heavy atom. The number of rotatable bonds is 3. The summed E-state index contributed by atoms with van der Waals surface area (Å²) >= 11 is 0. The van der Waals surface area contributed by atoms with Crippen LogP contribution in [0.3, 0.4) is 0 Å². The van der Waals surface area contributed by atoms with Crippen molar-refractivity contribution in [2.45, 2.75) is 52.4 Å². The molecule has 0 saturated heterocycles. The van der Waals surface area contributed by atoms with Crippen LogP contribution in [0, 0.1) is 0 Å². The molecule has 1 aromatic rings. The third-order valence-corrected chi connectivity index (χ3v) is 3.06. The average Bonchev–Trinajstić information content (AvgIpc) is 2.23. The van der Waals surface area contributed by atoms with Crippen LogP contribution in [0.4, 0.5) is 0 Å². The Bertz CT molecular complexity index is 430. The Labute approximate surface area is 116 Å². The zero-order valence-corrected chi connectivity index (χ0v) is 13.3. The van der Waals surface area contributed by atoms with Crippen molar-refractivity contribution in [2.75, 3.05) is 0 Å². The second-order valence-electron chi connectivity index (χ2n) is 6.62. The molecule has 0 aliphatic rings. The van der Waals surface area contributed by atoms with Crippen LogP contribution in [-0.4, -0.2) is 9.79 Å². The predicted molar refractivity (Wildman–Crippen MR) is 76.9 cm³/mol. The molecule has 4 nitrogen and oxygen atoms in total.